The standard InChI is InChI=1S/C19H19NO/c1-11-3-4-16(18(11)10-21)13-6-14-5-12(2)17-9-20-8-15(7-13)19(14)17/h6-12H,3-5H2,1-2H3/t11-,12+/m1/s1. The van der Waals surface area contributed by atoms with Crippen molar-refractivity contribution in [3.05, 3.63) is 46.8 Å². The maximum atomic E-state index is 11.4. The van der Waals surface area contributed by atoms with E-state index >= 15 is 0 Å². The third-order valence-electron chi connectivity index (χ3n) is 5.21. The minimum Gasteiger partial charge on any atom is -0.298 e. The zero-order chi connectivity index (χ0) is 14.6. The predicted octanol–water partition coefficient (Wildman–Crippen LogP) is 4.28. The number of carbonyl (C=O) groups excluding carboxylic acids is 1. The molecule has 2 aliphatic carbocycles. The maximum absolute atomic E-state index is 11.4. The molecule has 0 radical (unpaired) electrons. The lowest BCUT2D eigenvalue weighted by Gasteiger charge is -2.09. The van der Waals surface area contributed by atoms with E-state index in [4.69, 9.17) is 0 Å². The quantitative estimate of drug-likeness (QED) is 0.767. The molecule has 0 amide bonds. The molecule has 0 spiro atoms. The first kappa shape index (κ1) is 12.8. The summed E-state index contributed by atoms with van der Waals surface area (Å²) in [4.78, 5) is 15.8. The van der Waals surface area contributed by atoms with Crippen molar-refractivity contribution in [1.29, 1.82) is 0 Å². The van der Waals surface area contributed by atoms with Gasteiger partial charge in [0.2, 0.25) is 0 Å². The molecule has 0 unspecified atom stereocenters. The van der Waals surface area contributed by atoms with Crippen molar-refractivity contribution in [2.75, 3.05) is 0 Å². The predicted molar refractivity (Wildman–Crippen MR) is 85.2 cm³/mol. The van der Waals surface area contributed by atoms with Crippen LogP contribution in [0.15, 0.2) is 30.1 Å². The number of nitrogens with zero attached hydrogens (tertiary/aromatic N) is 1. The Labute approximate surface area is 124 Å². The Hall–Kier alpha value is -1.96. The molecule has 2 aromatic rings. The van der Waals surface area contributed by atoms with Crippen molar-refractivity contribution in [3.63, 3.8) is 0 Å². The molecule has 0 N–H and O–H groups in total. The van der Waals surface area contributed by atoms with Crippen LogP contribution in [0.4, 0.5) is 0 Å². The van der Waals surface area contributed by atoms with Gasteiger partial charge in [-0.2, -0.15) is 0 Å². The first-order chi connectivity index (χ1) is 10.2. The number of pyridine rings is 1. The van der Waals surface area contributed by atoms with Gasteiger partial charge in [0.25, 0.3) is 0 Å². The fourth-order valence-electron chi connectivity index (χ4n) is 4.05. The number of hydrogen-bond acceptors (Lipinski definition) is 2. The summed E-state index contributed by atoms with van der Waals surface area (Å²) in [7, 11) is 0. The molecule has 0 saturated carbocycles. The number of aldehydes is 1. The summed E-state index contributed by atoms with van der Waals surface area (Å²) < 4.78 is 0. The number of allylic oxidation sites excluding steroid dienone is 2. The Bertz CT molecular complexity index is 787. The zero-order valence-electron chi connectivity index (χ0n) is 12.5. The van der Waals surface area contributed by atoms with Crippen molar-refractivity contribution >= 4 is 22.6 Å². The summed E-state index contributed by atoms with van der Waals surface area (Å²) in [6, 6.07) is 4.54. The van der Waals surface area contributed by atoms with Crippen LogP contribution in [-0.2, 0) is 11.2 Å². The van der Waals surface area contributed by atoms with Crippen LogP contribution in [0.3, 0.4) is 0 Å². The molecule has 2 nitrogen and oxygen atoms in total. The molecular weight excluding hydrogens is 258 g/mol. The highest BCUT2D eigenvalue weighted by Crippen LogP contribution is 2.42. The lowest BCUT2D eigenvalue weighted by molar-refractivity contribution is -0.105. The van der Waals surface area contributed by atoms with Gasteiger partial charge in [0.15, 0.2) is 0 Å². The summed E-state index contributed by atoms with van der Waals surface area (Å²) in [5.41, 5.74) is 6.28. The van der Waals surface area contributed by atoms with Gasteiger partial charge < -0.3 is 0 Å². The van der Waals surface area contributed by atoms with E-state index in [1.807, 2.05) is 12.4 Å². The molecule has 0 fully saturated rings. The van der Waals surface area contributed by atoms with Crippen LogP contribution in [0.2, 0.25) is 0 Å². The van der Waals surface area contributed by atoms with Gasteiger partial charge in [0.1, 0.15) is 6.29 Å². The van der Waals surface area contributed by atoms with Crippen LogP contribution in [0.25, 0.3) is 16.3 Å². The van der Waals surface area contributed by atoms with Gasteiger partial charge >= 0.3 is 0 Å². The lowest BCUT2D eigenvalue weighted by atomic mass is 9.96. The van der Waals surface area contributed by atoms with E-state index < -0.39 is 0 Å². The Morgan fingerprint density at radius 3 is 2.86 bits per heavy atom. The molecule has 21 heavy (non-hydrogen) atoms. The van der Waals surface area contributed by atoms with Crippen molar-refractivity contribution in [3.8, 4) is 0 Å². The first-order valence-corrected chi connectivity index (χ1v) is 7.78. The molecular formula is C19H19NO. The lowest BCUT2D eigenvalue weighted by Crippen LogP contribution is -1.95. The Morgan fingerprint density at radius 2 is 2.05 bits per heavy atom. The van der Waals surface area contributed by atoms with Gasteiger partial charge in [0.05, 0.1) is 0 Å². The Morgan fingerprint density at radius 1 is 1.19 bits per heavy atom. The van der Waals surface area contributed by atoms with Gasteiger partial charge in [-0.25, -0.2) is 0 Å². The van der Waals surface area contributed by atoms with Crippen molar-refractivity contribution < 1.29 is 4.79 Å². The monoisotopic (exact) mass is 277 g/mol. The molecule has 2 aliphatic rings. The van der Waals surface area contributed by atoms with Crippen LogP contribution in [0.1, 0.15) is 49.3 Å². The van der Waals surface area contributed by atoms with Gasteiger partial charge in [-0.3, -0.25) is 9.78 Å². The van der Waals surface area contributed by atoms with Crippen LogP contribution in [0, 0.1) is 5.92 Å². The topological polar surface area (TPSA) is 30.0 Å². The molecule has 4 rings (SSSR count). The van der Waals surface area contributed by atoms with Crippen LogP contribution in [0.5, 0.6) is 0 Å². The minimum atomic E-state index is 0.394. The number of carbonyl (C=O) groups is 1. The van der Waals surface area contributed by atoms with E-state index in [1.165, 1.54) is 33.0 Å². The largest absolute Gasteiger partial charge is 0.298 e. The summed E-state index contributed by atoms with van der Waals surface area (Å²) in [5.74, 6) is 0.943. The second kappa shape index (κ2) is 4.52. The highest BCUT2D eigenvalue weighted by Gasteiger charge is 2.26. The van der Waals surface area contributed by atoms with E-state index in [0.717, 1.165) is 31.1 Å². The van der Waals surface area contributed by atoms with Gasteiger partial charge in [-0.15, -0.1) is 0 Å². The molecule has 1 heterocycles. The van der Waals surface area contributed by atoms with Crippen LogP contribution in [-0.4, -0.2) is 11.3 Å². The number of benzene rings is 1. The fraction of sp³-hybridized carbons (Fsp3) is 0.368. The Balaban J connectivity index is 1.96. The molecule has 0 saturated heterocycles. The minimum absolute atomic E-state index is 0.394. The van der Waals surface area contributed by atoms with Crippen LogP contribution >= 0.6 is 0 Å². The van der Waals surface area contributed by atoms with Crippen molar-refractivity contribution in [2.45, 2.75) is 39.0 Å². The maximum Gasteiger partial charge on any atom is 0.146 e. The van der Waals surface area contributed by atoms with Gasteiger partial charge in [-0.05, 0) is 70.4 Å². The Kier molecular flexibility index (Phi) is 2.75. The van der Waals surface area contributed by atoms with Crippen molar-refractivity contribution in [2.24, 2.45) is 5.92 Å². The smallest absolute Gasteiger partial charge is 0.146 e. The highest BCUT2D eigenvalue weighted by molar-refractivity contribution is 5.96. The number of rotatable bonds is 2. The van der Waals surface area contributed by atoms with Crippen molar-refractivity contribution in [1.82, 2.24) is 4.98 Å². The highest BCUT2D eigenvalue weighted by atomic mass is 16.1. The molecule has 2 heteroatoms. The molecule has 0 aliphatic heterocycles. The molecule has 106 valence electrons. The summed E-state index contributed by atoms with van der Waals surface area (Å²) in [5, 5.41) is 2.61. The van der Waals surface area contributed by atoms with E-state index in [2.05, 4.69) is 31.0 Å². The normalized spacial score (nSPS) is 24.1. The molecule has 2 atom stereocenters. The molecule has 1 aromatic heterocycles. The molecule has 0 bridgehead atoms. The number of hydrogen-bond donors (Lipinski definition) is 0. The average molecular weight is 277 g/mol. The first-order valence-electron chi connectivity index (χ1n) is 7.78. The van der Waals surface area contributed by atoms with E-state index in [9.17, 15) is 4.79 Å². The average Bonchev–Trinajstić information content (AvgIpc) is 3.01. The second-order valence-corrected chi connectivity index (χ2v) is 6.56. The van der Waals surface area contributed by atoms with E-state index in [1.54, 1.807) is 0 Å². The summed E-state index contributed by atoms with van der Waals surface area (Å²) in [6.07, 6.45) is 8.23. The number of aromatic nitrogens is 1. The second-order valence-electron chi connectivity index (χ2n) is 6.56. The molecule has 1 aromatic carbocycles. The van der Waals surface area contributed by atoms with E-state index in [0.29, 0.717) is 11.8 Å². The summed E-state index contributed by atoms with van der Waals surface area (Å²) in [6.45, 7) is 4.42. The third-order valence-corrected chi connectivity index (χ3v) is 5.21. The SMILES string of the molecule is C[C@@H]1CCC(c2cc3c4c(cncc4c2)[C@@H](C)C3)=C1C=O. The summed E-state index contributed by atoms with van der Waals surface area (Å²) >= 11 is 0. The third kappa shape index (κ3) is 1.78. The zero-order valence-corrected chi connectivity index (χ0v) is 12.5. The fourth-order valence-corrected chi connectivity index (χ4v) is 4.05. The van der Waals surface area contributed by atoms with Gasteiger partial charge in [0, 0.05) is 17.8 Å². The van der Waals surface area contributed by atoms with E-state index in [-0.39, 0.29) is 0 Å². The van der Waals surface area contributed by atoms with Crippen LogP contribution < -0.4 is 0 Å². The van der Waals surface area contributed by atoms with Gasteiger partial charge in [-0.1, -0.05) is 19.9 Å².